The zero-order valence-corrected chi connectivity index (χ0v) is 14.4. The van der Waals surface area contributed by atoms with Crippen LogP contribution in [0.1, 0.15) is 23.7 Å². The van der Waals surface area contributed by atoms with Gasteiger partial charge in [0.1, 0.15) is 6.04 Å². The summed E-state index contributed by atoms with van der Waals surface area (Å²) in [5.41, 5.74) is 2.83. The van der Waals surface area contributed by atoms with Crippen LogP contribution >= 0.6 is 27.7 Å². The molecule has 0 aliphatic heterocycles. The van der Waals surface area contributed by atoms with Crippen molar-refractivity contribution >= 4 is 39.5 Å². The Morgan fingerprint density at radius 1 is 1.38 bits per heavy atom. The number of hydrogen-bond acceptors (Lipinski definition) is 4. The number of amides is 2. The van der Waals surface area contributed by atoms with Crippen molar-refractivity contribution in [3.05, 3.63) is 34.3 Å². The van der Waals surface area contributed by atoms with Gasteiger partial charge in [0.05, 0.1) is 12.2 Å². The average molecular weight is 375 g/mol. The lowest BCUT2D eigenvalue weighted by Gasteiger charge is -2.18. The lowest BCUT2D eigenvalue weighted by molar-refractivity contribution is -0.135. The highest BCUT2D eigenvalue weighted by molar-refractivity contribution is 9.10. The lowest BCUT2D eigenvalue weighted by Crippen LogP contribution is -2.47. The van der Waals surface area contributed by atoms with E-state index in [0.717, 1.165) is 5.75 Å². The normalized spacial score (nSPS) is 11.8. The maximum atomic E-state index is 12.2. The van der Waals surface area contributed by atoms with Gasteiger partial charge in [0.15, 0.2) is 0 Å². The molecule has 0 bridgehead atoms. The molecule has 0 spiro atoms. The van der Waals surface area contributed by atoms with Gasteiger partial charge in [-0.1, -0.05) is 12.1 Å². The minimum atomic E-state index is -0.622. The van der Waals surface area contributed by atoms with Gasteiger partial charge in [-0.2, -0.15) is 11.8 Å². The Morgan fingerprint density at radius 3 is 2.71 bits per heavy atom. The zero-order valence-electron chi connectivity index (χ0n) is 12.0. The molecule has 0 aliphatic rings. The van der Waals surface area contributed by atoms with Crippen LogP contribution in [0.15, 0.2) is 28.7 Å². The number of nitrogens with one attached hydrogen (secondary N) is 2. The molecule has 1 aromatic rings. The van der Waals surface area contributed by atoms with Gasteiger partial charge in [0.2, 0.25) is 0 Å². The molecule has 2 N–H and O–H groups in total. The minimum absolute atomic E-state index is 0.291. The second-order valence-corrected chi connectivity index (χ2v) is 6.03. The van der Waals surface area contributed by atoms with E-state index in [1.165, 1.54) is 0 Å². The van der Waals surface area contributed by atoms with Gasteiger partial charge in [0.25, 0.3) is 11.8 Å². The highest BCUT2D eigenvalue weighted by Crippen LogP contribution is 2.16. The molecule has 2 amide bonds. The molecule has 7 heteroatoms. The van der Waals surface area contributed by atoms with Crippen LogP contribution in [0.4, 0.5) is 0 Å². The highest BCUT2D eigenvalue weighted by atomic mass is 79.9. The smallest absolute Gasteiger partial charge is 0.266 e. The monoisotopic (exact) mass is 374 g/mol. The summed E-state index contributed by atoms with van der Waals surface area (Å²) in [5.74, 6) is 0.131. The van der Waals surface area contributed by atoms with E-state index in [2.05, 4.69) is 26.7 Å². The first-order valence-corrected chi connectivity index (χ1v) is 8.74. The summed E-state index contributed by atoms with van der Waals surface area (Å²) in [6.07, 6.45) is 2.49. The summed E-state index contributed by atoms with van der Waals surface area (Å²) in [7, 11) is 0. The predicted molar refractivity (Wildman–Crippen MR) is 88.2 cm³/mol. The summed E-state index contributed by atoms with van der Waals surface area (Å²) in [5, 5.41) is 2.74. The van der Waals surface area contributed by atoms with Crippen LogP contribution in [-0.4, -0.2) is 36.5 Å². The summed E-state index contributed by atoms with van der Waals surface area (Å²) in [6, 6.07) is 6.46. The van der Waals surface area contributed by atoms with Gasteiger partial charge in [-0.3, -0.25) is 14.4 Å². The molecular formula is C14H19BrN2O3S. The number of thioether (sulfide) groups is 1. The van der Waals surface area contributed by atoms with E-state index < -0.39 is 6.04 Å². The Morgan fingerprint density at radius 2 is 2.10 bits per heavy atom. The number of carbonyl (C=O) groups excluding carboxylic acids is 2. The van der Waals surface area contributed by atoms with E-state index in [9.17, 15) is 9.59 Å². The Kier molecular flexibility index (Phi) is 8.41. The molecule has 0 saturated carbocycles. The molecule has 0 aromatic heterocycles. The van der Waals surface area contributed by atoms with Crippen LogP contribution in [0.25, 0.3) is 0 Å². The van der Waals surface area contributed by atoms with Crippen LogP contribution < -0.4 is 10.8 Å². The van der Waals surface area contributed by atoms with Crippen LogP contribution in [-0.2, 0) is 9.63 Å². The van der Waals surface area contributed by atoms with E-state index >= 15 is 0 Å². The maximum Gasteiger partial charge on any atom is 0.266 e. The van der Waals surface area contributed by atoms with Gasteiger partial charge < -0.3 is 5.32 Å². The van der Waals surface area contributed by atoms with Crippen molar-refractivity contribution < 1.29 is 14.4 Å². The lowest BCUT2D eigenvalue weighted by atomic mass is 10.1. The van der Waals surface area contributed by atoms with Crippen molar-refractivity contribution in [1.82, 2.24) is 10.8 Å². The largest absolute Gasteiger partial charge is 0.340 e. The molecule has 1 rings (SSSR count). The molecular weight excluding hydrogens is 356 g/mol. The molecule has 0 unspecified atom stereocenters. The quantitative estimate of drug-likeness (QED) is 0.685. The first-order chi connectivity index (χ1) is 10.1. The third-order valence-electron chi connectivity index (χ3n) is 2.67. The molecule has 0 heterocycles. The second kappa shape index (κ2) is 9.81. The van der Waals surface area contributed by atoms with Crippen LogP contribution in [0.5, 0.6) is 0 Å². The standard InChI is InChI=1S/C14H19BrN2O3S/c1-3-20-17-14(19)12(8-9-21-2)16-13(18)10-6-4-5-7-11(10)15/h4-7,12H,3,8-9H2,1-2H3,(H,16,18)(H,17,19)/t12-/m0/s1. The van der Waals surface area contributed by atoms with Gasteiger partial charge in [-0.25, -0.2) is 5.48 Å². The second-order valence-electron chi connectivity index (χ2n) is 4.19. The number of carbonyl (C=O) groups is 2. The first-order valence-electron chi connectivity index (χ1n) is 6.56. The summed E-state index contributed by atoms with van der Waals surface area (Å²) in [4.78, 5) is 29.1. The molecule has 0 fully saturated rings. The molecule has 0 radical (unpaired) electrons. The van der Waals surface area contributed by atoms with Crippen molar-refractivity contribution in [2.45, 2.75) is 19.4 Å². The van der Waals surface area contributed by atoms with Crippen LogP contribution in [0.3, 0.4) is 0 Å². The fourth-order valence-corrected chi connectivity index (χ4v) is 2.54. The molecule has 0 saturated heterocycles. The Labute approximate surface area is 137 Å². The van der Waals surface area contributed by atoms with Crippen molar-refractivity contribution in [3.8, 4) is 0 Å². The van der Waals surface area contributed by atoms with Crippen molar-refractivity contribution in [2.75, 3.05) is 18.6 Å². The molecule has 21 heavy (non-hydrogen) atoms. The number of hydroxylamine groups is 1. The Bertz CT molecular complexity index is 485. The molecule has 1 aromatic carbocycles. The van der Waals surface area contributed by atoms with E-state index in [0.29, 0.717) is 23.1 Å². The number of rotatable bonds is 8. The minimum Gasteiger partial charge on any atom is -0.340 e. The molecule has 1 atom stereocenters. The fourth-order valence-electron chi connectivity index (χ4n) is 1.60. The van der Waals surface area contributed by atoms with Gasteiger partial charge in [0, 0.05) is 4.47 Å². The number of hydrogen-bond donors (Lipinski definition) is 2. The maximum absolute atomic E-state index is 12.2. The van der Waals surface area contributed by atoms with Gasteiger partial charge in [-0.15, -0.1) is 0 Å². The van der Waals surface area contributed by atoms with Gasteiger partial charge >= 0.3 is 0 Å². The zero-order chi connectivity index (χ0) is 15.7. The third-order valence-corrected chi connectivity index (χ3v) is 4.00. The molecule has 0 aliphatic carbocycles. The summed E-state index contributed by atoms with van der Waals surface area (Å²) < 4.78 is 0.691. The summed E-state index contributed by atoms with van der Waals surface area (Å²) >= 11 is 4.94. The van der Waals surface area contributed by atoms with E-state index in [1.54, 1.807) is 36.9 Å². The van der Waals surface area contributed by atoms with Crippen LogP contribution in [0.2, 0.25) is 0 Å². The third kappa shape index (κ3) is 6.07. The van der Waals surface area contributed by atoms with E-state index in [-0.39, 0.29) is 11.8 Å². The Balaban J connectivity index is 2.73. The van der Waals surface area contributed by atoms with Crippen molar-refractivity contribution in [3.63, 3.8) is 0 Å². The fraction of sp³-hybridized carbons (Fsp3) is 0.429. The van der Waals surface area contributed by atoms with Crippen molar-refractivity contribution in [2.24, 2.45) is 0 Å². The number of benzene rings is 1. The summed E-state index contributed by atoms with van der Waals surface area (Å²) in [6.45, 7) is 2.15. The Hall–Kier alpha value is -1.05. The van der Waals surface area contributed by atoms with E-state index in [4.69, 9.17) is 4.84 Å². The van der Waals surface area contributed by atoms with Crippen molar-refractivity contribution in [1.29, 1.82) is 0 Å². The topological polar surface area (TPSA) is 67.4 Å². The molecule has 116 valence electrons. The van der Waals surface area contributed by atoms with E-state index in [1.807, 2.05) is 12.3 Å². The predicted octanol–water partition coefficient (Wildman–Crippen LogP) is 2.37. The highest BCUT2D eigenvalue weighted by Gasteiger charge is 2.22. The number of halogens is 1. The van der Waals surface area contributed by atoms with Gasteiger partial charge in [-0.05, 0) is 53.4 Å². The SMILES string of the molecule is CCONC(=O)[C@H](CCSC)NC(=O)c1ccccc1Br. The average Bonchev–Trinajstić information content (AvgIpc) is 2.49. The first kappa shape index (κ1) is 18.0. The van der Waals surface area contributed by atoms with Crippen LogP contribution in [0, 0.1) is 0 Å². The molecule has 5 nitrogen and oxygen atoms in total.